The molecule has 0 aliphatic carbocycles. The van der Waals surface area contributed by atoms with Crippen molar-refractivity contribution in [2.45, 2.75) is 32.7 Å². The van der Waals surface area contributed by atoms with Crippen LogP contribution in [0.25, 0.3) is 0 Å². The second-order valence-corrected chi connectivity index (χ2v) is 8.73. The van der Waals surface area contributed by atoms with Gasteiger partial charge in [0.25, 0.3) is 11.8 Å². The normalized spacial score (nSPS) is 14.3. The predicted octanol–water partition coefficient (Wildman–Crippen LogP) is 3.96. The summed E-state index contributed by atoms with van der Waals surface area (Å²) >= 11 is 12.2. The molecule has 0 spiro atoms. The molecule has 1 aliphatic rings. The van der Waals surface area contributed by atoms with Crippen molar-refractivity contribution in [3.05, 3.63) is 45.7 Å². The number of likely N-dealkylation sites (tertiary alicyclic amines) is 1. The van der Waals surface area contributed by atoms with E-state index in [0.29, 0.717) is 32.5 Å². The van der Waals surface area contributed by atoms with Crippen LogP contribution in [0.5, 0.6) is 0 Å². The van der Waals surface area contributed by atoms with Gasteiger partial charge in [0.05, 0.1) is 34.1 Å². The number of nitrogens with one attached hydrogen (secondary N) is 3. The van der Waals surface area contributed by atoms with Crippen LogP contribution in [0.15, 0.2) is 24.4 Å². The highest BCUT2D eigenvalue weighted by Crippen LogP contribution is 2.26. The lowest BCUT2D eigenvalue weighted by Crippen LogP contribution is -2.47. The smallest absolute Gasteiger partial charge is 0.409 e. The van der Waals surface area contributed by atoms with Crippen LogP contribution in [-0.2, 0) is 4.74 Å². The fourth-order valence-electron chi connectivity index (χ4n) is 3.25. The highest BCUT2D eigenvalue weighted by atomic mass is 35.5. The maximum Gasteiger partial charge on any atom is 0.409 e. The van der Waals surface area contributed by atoms with Crippen molar-refractivity contribution in [2.24, 2.45) is 5.92 Å². The Hall–Kier alpha value is -2.78. The molecule has 0 atom stereocenters. The minimum atomic E-state index is -0.552. The van der Waals surface area contributed by atoms with Crippen molar-refractivity contribution in [3.63, 3.8) is 0 Å². The van der Waals surface area contributed by atoms with Crippen LogP contribution in [-0.4, -0.2) is 58.7 Å². The summed E-state index contributed by atoms with van der Waals surface area (Å²) in [5.41, 5.74) is 0.429. The second kappa shape index (κ2) is 10.7. The summed E-state index contributed by atoms with van der Waals surface area (Å²) in [5.74, 6) is -0.693. The molecule has 1 aromatic carbocycles. The SMILES string of the molecule is CC(C)COC(=O)N1CCC(NC(=O)c2[nH]ncc2NC(=O)c2c(Cl)cccc2Cl)CC1. The Bertz CT molecular complexity index is 966. The van der Waals surface area contributed by atoms with Crippen molar-refractivity contribution in [2.75, 3.05) is 25.0 Å². The first-order valence-corrected chi connectivity index (χ1v) is 11.0. The van der Waals surface area contributed by atoms with E-state index in [-0.39, 0.29) is 45.0 Å². The predicted molar refractivity (Wildman–Crippen MR) is 121 cm³/mol. The largest absolute Gasteiger partial charge is 0.449 e. The van der Waals surface area contributed by atoms with Gasteiger partial charge < -0.3 is 20.3 Å². The number of aromatic amines is 1. The van der Waals surface area contributed by atoms with Gasteiger partial charge in [-0.25, -0.2) is 4.79 Å². The minimum Gasteiger partial charge on any atom is -0.449 e. The van der Waals surface area contributed by atoms with E-state index in [9.17, 15) is 14.4 Å². The molecule has 1 saturated heterocycles. The average molecular weight is 482 g/mol. The molecular weight excluding hydrogens is 457 g/mol. The first kappa shape index (κ1) is 23.9. The Morgan fingerprint density at radius 3 is 2.47 bits per heavy atom. The van der Waals surface area contributed by atoms with E-state index in [1.165, 1.54) is 6.20 Å². The maximum atomic E-state index is 12.7. The van der Waals surface area contributed by atoms with E-state index < -0.39 is 11.8 Å². The molecule has 0 saturated carbocycles. The number of carbonyl (C=O) groups is 3. The number of nitrogens with zero attached hydrogens (tertiary/aromatic N) is 2. The molecule has 9 nitrogen and oxygen atoms in total. The van der Waals surface area contributed by atoms with Crippen molar-refractivity contribution in [1.29, 1.82) is 0 Å². The highest BCUT2D eigenvalue weighted by molar-refractivity contribution is 6.40. The molecule has 172 valence electrons. The third-order valence-corrected chi connectivity index (χ3v) is 5.56. The van der Waals surface area contributed by atoms with Gasteiger partial charge in [-0.2, -0.15) is 5.10 Å². The van der Waals surface area contributed by atoms with Gasteiger partial charge in [0.15, 0.2) is 0 Å². The lowest BCUT2D eigenvalue weighted by molar-refractivity contribution is 0.0784. The third-order valence-electron chi connectivity index (χ3n) is 4.93. The minimum absolute atomic E-state index is 0.111. The number of ether oxygens (including phenoxy) is 1. The van der Waals surface area contributed by atoms with E-state index >= 15 is 0 Å². The molecule has 11 heteroatoms. The summed E-state index contributed by atoms with van der Waals surface area (Å²) in [6.07, 6.45) is 2.19. The summed E-state index contributed by atoms with van der Waals surface area (Å²) in [6, 6.07) is 4.61. The molecule has 2 heterocycles. The Morgan fingerprint density at radius 2 is 1.84 bits per heavy atom. The van der Waals surface area contributed by atoms with Crippen LogP contribution in [0.1, 0.15) is 47.5 Å². The molecule has 32 heavy (non-hydrogen) atoms. The fraction of sp³-hybridized carbons (Fsp3) is 0.429. The molecule has 1 aromatic heterocycles. The van der Waals surface area contributed by atoms with Crippen LogP contribution >= 0.6 is 23.2 Å². The van der Waals surface area contributed by atoms with Crippen molar-refractivity contribution in [1.82, 2.24) is 20.4 Å². The number of aromatic nitrogens is 2. The quantitative estimate of drug-likeness (QED) is 0.577. The maximum absolute atomic E-state index is 12.7. The number of rotatable bonds is 6. The highest BCUT2D eigenvalue weighted by Gasteiger charge is 2.27. The van der Waals surface area contributed by atoms with Gasteiger partial charge in [0.2, 0.25) is 0 Å². The zero-order valence-electron chi connectivity index (χ0n) is 17.8. The van der Waals surface area contributed by atoms with E-state index in [1.807, 2.05) is 13.8 Å². The van der Waals surface area contributed by atoms with Gasteiger partial charge in [-0.15, -0.1) is 0 Å². The van der Waals surface area contributed by atoms with E-state index in [4.69, 9.17) is 27.9 Å². The topological polar surface area (TPSA) is 116 Å². The van der Waals surface area contributed by atoms with Crippen LogP contribution in [0.3, 0.4) is 0 Å². The molecular formula is C21H25Cl2N5O4. The molecule has 2 aromatic rings. The number of anilines is 1. The van der Waals surface area contributed by atoms with Crippen molar-refractivity contribution in [3.8, 4) is 0 Å². The van der Waals surface area contributed by atoms with Gasteiger partial charge in [-0.3, -0.25) is 14.7 Å². The number of amides is 3. The lowest BCUT2D eigenvalue weighted by atomic mass is 10.1. The molecule has 0 radical (unpaired) electrons. The summed E-state index contributed by atoms with van der Waals surface area (Å²) in [6.45, 7) is 5.30. The monoisotopic (exact) mass is 481 g/mol. The molecule has 1 fully saturated rings. The average Bonchev–Trinajstić information content (AvgIpc) is 3.20. The second-order valence-electron chi connectivity index (χ2n) is 7.92. The number of piperidine rings is 1. The number of carbonyl (C=O) groups excluding carboxylic acids is 3. The van der Waals surface area contributed by atoms with Gasteiger partial charge >= 0.3 is 6.09 Å². The Morgan fingerprint density at radius 1 is 1.19 bits per heavy atom. The molecule has 0 unspecified atom stereocenters. The standard InChI is InChI=1S/C21H25Cl2N5O4/c1-12(2)11-32-21(31)28-8-6-13(7-9-28)25-20(30)18-16(10-24-27-18)26-19(29)17-14(22)4-3-5-15(17)23/h3-5,10,12-13H,6-9,11H2,1-2H3,(H,24,27)(H,25,30)(H,26,29). The third kappa shape index (κ3) is 5.92. The Labute approximate surface area is 195 Å². The van der Waals surface area contributed by atoms with Crippen molar-refractivity contribution < 1.29 is 19.1 Å². The molecule has 3 amide bonds. The Balaban J connectivity index is 1.56. The lowest BCUT2D eigenvalue weighted by Gasteiger charge is -2.31. The fourth-order valence-corrected chi connectivity index (χ4v) is 3.82. The van der Waals surface area contributed by atoms with E-state index in [0.717, 1.165) is 0 Å². The number of H-pyrrole nitrogens is 1. The Kier molecular flexibility index (Phi) is 7.98. The first-order chi connectivity index (χ1) is 15.3. The summed E-state index contributed by atoms with van der Waals surface area (Å²) in [7, 11) is 0. The zero-order valence-corrected chi connectivity index (χ0v) is 19.3. The van der Waals surface area contributed by atoms with Gasteiger partial charge in [-0.1, -0.05) is 43.1 Å². The van der Waals surface area contributed by atoms with Gasteiger partial charge in [0, 0.05) is 19.1 Å². The van der Waals surface area contributed by atoms with Crippen LogP contribution < -0.4 is 10.6 Å². The number of hydrogen-bond donors (Lipinski definition) is 3. The summed E-state index contributed by atoms with van der Waals surface area (Å²) < 4.78 is 5.25. The molecule has 0 bridgehead atoms. The van der Waals surface area contributed by atoms with Gasteiger partial charge in [-0.05, 0) is 30.9 Å². The van der Waals surface area contributed by atoms with Crippen LogP contribution in [0.2, 0.25) is 10.0 Å². The van der Waals surface area contributed by atoms with Crippen molar-refractivity contribution >= 4 is 46.8 Å². The van der Waals surface area contributed by atoms with Crippen LogP contribution in [0, 0.1) is 5.92 Å². The number of halogens is 2. The van der Waals surface area contributed by atoms with Gasteiger partial charge in [0.1, 0.15) is 5.69 Å². The number of hydrogen-bond acceptors (Lipinski definition) is 5. The molecule has 3 rings (SSSR count). The molecule has 1 aliphatic heterocycles. The van der Waals surface area contributed by atoms with E-state index in [1.54, 1.807) is 23.1 Å². The first-order valence-electron chi connectivity index (χ1n) is 10.3. The van der Waals surface area contributed by atoms with E-state index in [2.05, 4.69) is 20.8 Å². The number of benzene rings is 1. The van der Waals surface area contributed by atoms with Crippen LogP contribution in [0.4, 0.5) is 10.5 Å². The summed E-state index contributed by atoms with van der Waals surface area (Å²) in [5, 5.41) is 12.4. The zero-order chi connectivity index (χ0) is 23.3. The summed E-state index contributed by atoms with van der Waals surface area (Å²) in [4.78, 5) is 39.1. The molecule has 3 N–H and O–H groups in total.